The molecule has 0 aliphatic rings. The van der Waals surface area contributed by atoms with Crippen molar-refractivity contribution >= 4 is 0 Å². The Morgan fingerprint density at radius 1 is 1.31 bits per heavy atom. The maximum Gasteiger partial charge on any atom is 0.0485 e. The van der Waals surface area contributed by atoms with Crippen molar-refractivity contribution in [2.24, 2.45) is 0 Å². The van der Waals surface area contributed by atoms with E-state index in [9.17, 15) is 0 Å². The molecule has 2 rings (SSSR count). The Morgan fingerprint density at radius 2 is 2.25 bits per heavy atom. The lowest BCUT2D eigenvalue weighted by molar-refractivity contribution is 0.721. The van der Waals surface area contributed by atoms with E-state index >= 15 is 0 Å². The third-order valence-corrected chi connectivity index (χ3v) is 2.48. The van der Waals surface area contributed by atoms with Crippen LogP contribution in [0.3, 0.4) is 0 Å². The van der Waals surface area contributed by atoms with Crippen LogP contribution >= 0.6 is 0 Å². The van der Waals surface area contributed by atoms with E-state index < -0.39 is 0 Å². The molecule has 1 N–H and O–H groups in total. The molecule has 0 saturated heterocycles. The van der Waals surface area contributed by atoms with E-state index in [4.69, 9.17) is 0 Å². The van der Waals surface area contributed by atoms with Gasteiger partial charge < -0.3 is 9.88 Å². The minimum Gasteiger partial charge on any atom is -0.350 e. The summed E-state index contributed by atoms with van der Waals surface area (Å²) in [5, 5.41) is 3.32. The molecular formula is C13H17N3. The normalized spacial score (nSPS) is 10.6. The second kappa shape index (κ2) is 5.47. The Kier molecular flexibility index (Phi) is 3.72. The van der Waals surface area contributed by atoms with Crippen LogP contribution in [0.25, 0.3) is 0 Å². The Balaban J connectivity index is 1.97. The molecule has 3 nitrogen and oxygen atoms in total. The average Bonchev–Trinajstić information content (AvgIpc) is 2.75. The number of hydrogen-bond donors (Lipinski definition) is 1. The first kappa shape index (κ1) is 10.9. The second-order valence-corrected chi connectivity index (χ2v) is 3.83. The van der Waals surface area contributed by atoms with Crippen molar-refractivity contribution < 1.29 is 0 Å². The van der Waals surface area contributed by atoms with E-state index in [0.29, 0.717) is 0 Å². The first-order valence-electron chi connectivity index (χ1n) is 5.63. The van der Waals surface area contributed by atoms with Gasteiger partial charge in [-0.05, 0) is 29.8 Å². The molecule has 0 aliphatic heterocycles. The molecule has 0 bridgehead atoms. The van der Waals surface area contributed by atoms with Crippen molar-refractivity contribution in [2.75, 3.05) is 6.54 Å². The standard InChI is InChI=1S/C13H17N3/c1-2-14-8-13-5-7-16(11-13)10-12-4-3-6-15-9-12/h3-7,9,11,14H,2,8,10H2,1H3. The average molecular weight is 215 g/mol. The fourth-order valence-electron chi connectivity index (χ4n) is 1.67. The van der Waals surface area contributed by atoms with Crippen LogP contribution in [0.15, 0.2) is 43.0 Å². The third kappa shape index (κ3) is 2.94. The van der Waals surface area contributed by atoms with Crippen LogP contribution in [0.5, 0.6) is 0 Å². The van der Waals surface area contributed by atoms with Gasteiger partial charge in [0.25, 0.3) is 0 Å². The minimum atomic E-state index is 0.889. The molecule has 3 heteroatoms. The second-order valence-electron chi connectivity index (χ2n) is 3.83. The summed E-state index contributed by atoms with van der Waals surface area (Å²) in [5.74, 6) is 0. The maximum atomic E-state index is 4.11. The van der Waals surface area contributed by atoms with Gasteiger partial charge >= 0.3 is 0 Å². The van der Waals surface area contributed by atoms with Gasteiger partial charge in [0.15, 0.2) is 0 Å². The largest absolute Gasteiger partial charge is 0.350 e. The Labute approximate surface area is 96.1 Å². The van der Waals surface area contributed by atoms with E-state index in [1.807, 2.05) is 12.3 Å². The lowest BCUT2D eigenvalue weighted by atomic mass is 10.3. The highest BCUT2D eigenvalue weighted by Gasteiger charge is 1.97. The van der Waals surface area contributed by atoms with Crippen molar-refractivity contribution in [3.8, 4) is 0 Å². The zero-order valence-electron chi connectivity index (χ0n) is 9.56. The van der Waals surface area contributed by atoms with Gasteiger partial charge in [-0.1, -0.05) is 13.0 Å². The summed E-state index contributed by atoms with van der Waals surface area (Å²) in [4.78, 5) is 4.11. The molecule has 0 fully saturated rings. The van der Waals surface area contributed by atoms with Crippen LogP contribution in [0.4, 0.5) is 0 Å². The Bertz CT molecular complexity index is 420. The molecule has 0 aliphatic carbocycles. The first-order chi connectivity index (χ1) is 7.88. The summed E-state index contributed by atoms with van der Waals surface area (Å²) in [6.07, 6.45) is 8.00. The Morgan fingerprint density at radius 3 is 3.00 bits per heavy atom. The van der Waals surface area contributed by atoms with E-state index in [1.54, 1.807) is 6.20 Å². The fourth-order valence-corrected chi connectivity index (χ4v) is 1.67. The Hall–Kier alpha value is -1.61. The molecule has 2 heterocycles. The van der Waals surface area contributed by atoms with Gasteiger partial charge in [0.1, 0.15) is 0 Å². The zero-order chi connectivity index (χ0) is 11.2. The highest BCUT2D eigenvalue weighted by molar-refractivity contribution is 5.14. The SMILES string of the molecule is CCNCc1ccn(Cc2cccnc2)c1. The third-order valence-electron chi connectivity index (χ3n) is 2.48. The monoisotopic (exact) mass is 215 g/mol. The fraction of sp³-hybridized carbons (Fsp3) is 0.308. The molecule has 0 radical (unpaired) electrons. The van der Waals surface area contributed by atoms with Crippen molar-refractivity contribution in [1.82, 2.24) is 14.9 Å². The molecule has 2 aromatic heterocycles. The van der Waals surface area contributed by atoms with E-state index in [-0.39, 0.29) is 0 Å². The van der Waals surface area contributed by atoms with Gasteiger partial charge in [0.05, 0.1) is 0 Å². The molecule has 0 unspecified atom stereocenters. The van der Waals surface area contributed by atoms with Crippen molar-refractivity contribution in [2.45, 2.75) is 20.0 Å². The number of nitrogens with zero attached hydrogens (tertiary/aromatic N) is 2. The highest BCUT2D eigenvalue weighted by Crippen LogP contribution is 2.05. The summed E-state index contributed by atoms with van der Waals surface area (Å²) in [6, 6.07) is 6.22. The van der Waals surface area contributed by atoms with E-state index in [1.165, 1.54) is 11.1 Å². The van der Waals surface area contributed by atoms with Gasteiger partial charge in [-0.25, -0.2) is 0 Å². The van der Waals surface area contributed by atoms with E-state index in [0.717, 1.165) is 19.6 Å². The highest BCUT2D eigenvalue weighted by atomic mass is 14.9. The maximum absolute atomic E-state index is 4.11. The molecule has 0 aromatic carbocycles. The molecule has 16 heavy (non-hydrogen) atoms. The van der Waals surface area contributed by atoms with Gasteiger partial charge in [0, 0.05) is 37.9 Å². The van der Waals surface area contributed by atoms with Crippen molar-refractivity contribution in [3.63, 3.8) is 0 Å². The number of pyridine rings is 1. The molecule has 0 saturated carbocycles. The summed E-state index contributed by atoms with van der Waals surface area (Å²) >= 11 is 0. The predicted molar refractivity (Wildman–Crippen MR) is 65.2 cm³/mol. The van der Waals surface area contributed by atoms with Crippen LogP contribution in [-0.2, 0) is 13.1 Å². The van der Waals surface area contributed by atoms with Gasteiger partial charge in [-0.3, -0.25) is 4.98 Å². The summed E-state index contributed by atoms with van der Waals surface area (Å²) in [7, 11) is 0. The van der Waals surface area contributed by atoms with Crippen LogP contribution < -0.4 is 5.32 Å². The lowest BCUT2D eigenvalue weighted by Crippen LogP contribution is -2.11. The van der Waals surface area contributed by atoms with Crippen LogP contribution in [0.2, 0.25) is 0 Å². The lowest BCUT2D eigenvalue weighted by Gasteiger charge is -2.02. The summed E-state index contributed by atoms with van der Waals surface area (Å²) in [5.41, 5.74) is 2.55. The predicted octanol–water partition coefficient (Wildman–Crippen LogP) is 2.04. The molecule has 2 aromatic rings. The molecule has 0 amide bonds. The van der Waals surface area contributed by atoms with Crippen LogP contribution in [-0.4, -0.2) is 16.1 Å². The van der Waals surface area contributed by atoms with Gasteiger partial charge in [-0.2, -0.15) is 0 Å². The van der Waals surface area contributed by atoms with Crippen molar-refractivity contribution in [3.05, 3.63) is 54.1 Å². The summed E-state index contributed by atoms with van der Waals surface area (Å²) in [6.45, 7) is 4.96. The topological polar surface area (TPSA) is 29.9 Å². The zero-order valence-corrected chi connectivity index (χ0v) is 9.56. The number of rotatable bonds is 5. The van der Waals surface area contributed by atoms with Crippen LogP contribution in [0, 0.1) is 0 Å². The minimum absolute atomic E-state index is 0.889. The molecule has 0 spiro atoms. The van der Waals surface area contributed by atoms with Gasteiger partial charge in [-0.15, -0.1) is 0 Å². The molecule has 0 atom stereocenters. The molecule has 84 valence electrons. The first-order valence-corrected chi connectivity index (χ1v) is 5.63. The smallest absolute Gasteiger partial charge is 0.0485 e. The quantitative estimate of drug-likeness (QED) is 0.827. The van der Waals surface area contributed by atoms with Crippen molar-refractivity contribution in [1.29, 1.82) is 0 Å². The van der Waals surface area contributed by atoms with Crippen LogP contribution in [0.1, 0.15) is 18.1 Å². The number of aromatic nitrogens is 2. The number of hydrogen-bond acceptors (Lipinski definition) is 2. The van der Waals surface area contributed by atoms with E-state index in [2.05, 4.69) is 46.3 Å². The number of nitrogens with one attached hydrogen (secondary N) is 1. The molecular weight excluding hydrogens is 198 g/mol. The summed E-state index contributed by atoms with van der Waals surface area (Å²) < 4.78 is 2.18. The van der Waals surface area contributed by atoms with Gasteiger partial charge in [0.2, 0.25) is 0 Å².